The molecule has 0 aliphatic heterocycles. The molecule has 1 aromatic carbocycles. The minimum absolute atomic E-state index is 0.373. The Hall–Kier alpha value is -1.07. The summed E-state index contributed by atoms with van der Waals surface area (Å²) in [5.41, 5.74) is 1.16. The second-order valence-electron chi connectivity index (χ2n) is 4.41. The number of halogens is 1. The van der Waals surface area contributed by atoms with Gasteiger partial charge >= 0.3 is 0 Å². The van der Waals surface area contributed by atoms with Crippen LogP contribution in [0.1, 0.15) is 25.3 Å². The zero-order valence-electron chi connectivity index (χ0n) is 11.1. The minimum Gasteiger partial charge on any atom is -0.373 e. The summed E-state index contributed by atoms with van der Waals surface area (Å²) in [5.74, 6) is 1.28. The molecule has 19 heavy (non-hydrogen) atoms. The van der Waals surface area contributed by atoms with E-state index in [0.29, 0.717) is 5.92 Å². The van der Waals surface area contributed by atoms with E-state index in [-0.39, 0.29) is 0 Å². The highest BCUT2D eigenvalue weighted by Gasteiger charge is 2.15. The normalized spacial score (nSPS) is 10.8. The van der Waals surface area contributed by atoms with Crippen molar-refractivity contribution in [3.05, 3.63) is 40.6 Å². The van der Waals surface area contributed by atoms with Crippen LogP contribution in [0, 0.1) is 0 Å². The molecular weight excluding hydrogens is 322 g/mol. The van der Waals surface area contributed by atoms with Gasteiger partial charge in [0, 0.05) is 22.0 Å². The summed E-state index contributed by atoms with van der Waals surface area (Å²) in [6, 6.07) is 8.23. The predicted molar refractivity (Wildman–Crippen MR) is 83.9 cm³/mol. The molecule has 0 bridgehead atoms. The van der Waals surface area contributed by atoms with Crippen molar-refractivity contribution in [1.29, 1.82) is 0 Å². The third-order valence-electron chi connectivity index (χ3n) is 2.67. The Kier molecular flexibility index (Phi) is 4.82. The molecule has 5 heteroatoms. The van der Waals surface area contributed by atoms with Crippen molar-refractivity contribution in [2.24, 2.45) is 0 Å². The van der Waals surface area contributed by atoms with E-state index in [1.165, 1.54) is 0 Å². The third kappa shape index (κ3) is 3.48. The van der Waals surface area contributed by atoms with Gasteiger partial charge in [0.15, 0.2) is 0 Å². The van der Waals surface area contributed by atoms with Gasteiger partial charge in [0.25, 0.3) is 0 Å². The largest absolute Gasteiger partial charge is 0.373 e. The fourth-order valence-corrected chi connectivity index (χ4v) is 3.47. The highest BCUT2D eigenvalue weighted by molar-refractivity contribution is 9.10. The lowest BCUT2D eigenvalue weighted by Gasteiger charge is -2.15. The molecule has 0 spiro atoms. The van der Waals surface area contributed by atoms with Crippen molar-refractivity contribution in [2.45, 2.75) is 29.7 Å². The number of aromatic nitrogens is 2. The number of hydrogen-bond acceptors (Lipinski definition) is 4. The minimum atomic E-state index is 0.373. The number of hydrogen-bond donors (Lipinski definition) is 1. The fourth-order valence-electron chi connectivity index (χ4n) is 1.82. The van der Waals surface area contributed by atoms with E-state index in [1.54, 1.807) is 18.1 Å². The Morgan fingerprint density at radius 3 is 2.68 bits per heavy atom. The molecule has 1 aromatic heterocycles. The maximum absolute atomic E-state index is 4.43. The number of nitrogens with one attached hydrogen (secondary N) is 1. The van der Waals surface area contributed by atoms with Gasteiger partial charge < -0.3 is 5.32 Å². The molecule has 0 fully saturated rings. The van der Waals surface area contributed by atoms with Crippen molar-refractivity contribution in [2.75, 3.05) is 12.4 Å². The van der Waals surface area contributed by atoms with Crippen molar-refractivity contribution in [3.63, 3.8) is 0 Å². The molecule has 2 rings (SSSR count). The molecule has 3 nitrogen and oxygen atoms in total. The van der Waals surface area contributed by atoms with E-state index in [1.807, 2.05) is 19.2 Å². The fraction of sp³-hybridized carbons (Fsp3) is 0.286. The van der Waals surface area contributed by atoms with Gasteiger partial charge in [-0.05, 0) is 24.1 Å². The van der Waals surface area contributed by atoms with Crippen LogP contribution >= 0.6 is 27.7 Å². The van der Waals surface area contributed by atoms with E-state index >= 15 is 0 Å². The molecule has 0 amide bonds. The van der Waals surface area contributed by atoms with Gasteiger partial charge in [-0.25, -0.2) is 9.97 Å². The first-order valence-corrected chi connectivity index (χ1v) is 7.69. The van der Waals surface area contributed by atoms with Crippen LogP contribution in [0.15, 0.2) is 45.0 Å². The van der Waals surface area contributed by atoms with Crippen molar-refractivity contribution < 1.29 is 0 Å². The zero-order valence-corrected chi connectivity index (χ0v) is 13.5. The molecule has 0 aliphatic carbocycles. The first-order valence-electron chi connectivity index (χ1n) is 6.08. The van der Waals surface area contributed by atoms with Gasteiger partial charge in [0.05, 0.1) is 0 Å². The summed E-state index contributed by atoms with van der Waals surface area (Å²) in [6.07, 6.45) is 1.61. The predicted octanol–water partition coefficient (Wildman–Crippen LogP) is 4.56. The van der Waals surface area contributed by atoms with Crippen LogP contribution in [0.4, 0.5) is 5.82 Å². The van der Waals surface area contributed by atoms with E-state index in [4.69, 9.17) is 0 Å². The second kappa shape index (κ2) is 6.39. The number of nitrogens with zero attached hydrogens (tertiary/aromatic N) is 2. The van der Waals surface area contributed by atoms with Gasteiger partial charge in [-0.1, -0.05) is 47.6 Å². The highest BCUT2D eigenvalue weighted by Crippen LogP contribution is 2.35. The van der Waals surface area contributed by atoms with Crippen LogP contribution in [0.3, 0.4) is 0 Å². The Morgan fingerprint density at radius 1 is 1.26 bits per heavy atom. The molecular formula is C14H16BrN3S. The Labute approximate surface area is 126 Å². The molecule has 2 aromatic rings. The van der Waals surface area contributed by atoms with Gasteiger partial charge in [-0.2, -0.15) is 0 Å². The van der Waals surface area contributed by atoms with Crippen LogP contribution in [0.25, 0.3) is 0 Å². The summed E-state index contributed by atoms with van der Waals surface area (Å²) in [6.45, 7) is 4.31. The molecule has 0 aliphatic rings. The molecule has 1 heterocycles. The van der Waals surface area contributed by atoms with E-state index in [9.17, 15) is 0 Å². The van der Waals surface area contributed by atoms with Crippen LogP contribution in [0.2, 0.25) is 0 Å². The summed E-state index contributed by atoms with van der Waals surface area (Å²) in [5, 5.41) is 4.15. The Bertz CT molecular complexity index is 572. The Morgan fingerprint density at radius 2 is 2.05 bits per heavy atom. The average Bonchev–Trinajstić information content (AvgIpc) is 2.38. The molecule has 0 atom stereocenters. The smallest absolute Gasteiger partial charge is 0.133 e. The molecule has 0 unspecified atom stereocenters. The van der Waals surface area contributed by atoms with Crippen molar-refractivity contribution >= 4 is 33.5 Å². The zero-order chi connectivity index (χ0) is 13.8. The molecule has 0 saturated carbocycles. The lowest BCUT2D eigenvalue weighted by molar-refractivity contribution is 0.806. The molecule has 1 N–H and O–H groups in total. The third-order valence-corrected chi connectivity index (χ3v) is 4.17. The number of benzene rings is 1. The quantitative estimate of drug-likeness (QED) is 0.830. The molecule has 0 saturated heterocycles. The second-order valence-corrected chi connectivity index (χ2v) is 6.38. The molecule has 0 radical (unpaired) electrons. The van der Waals surface area contributed by atoms with Gasteiger partial charge in [0.1, 0.15) is 17.2 Å². The summed E-state index contributed by atoms with van der Waals surface area (Å²) >= 11 is 5.16. The van der Waals surface area contributed by atoms with Gasteiger partial charge in [-0.15, -0.1) is 0 Å². The van der Waals surface area contributed by atoms with Gasteiger partial charge in [-0.3, -0.25) is 0 Å². The number of rotatable bonds is 4. The monoisotopic (exact) mass is 337 g/mol. The van der Waals surface area contributed by atoms with E-state index in [2.05, 4.69) is 57.2 Å². The highest BCUT2D eigenvalue weighted by atomic mass is 79.9. The van der Waals surface area contributed by atoms with Crippen molar-refractivity contribution in [1.82, 2.24) is 9.97 Å². The SMILES string of the molecule is CNc1ncnc(Sc2cccc(Br)c2)c1C(C)C. The van der Waals surface area contributed by atoms with Gasteiger partial charge in [0.2, 0.25) is 0 Å². The molecule has 100 valence electrons. The van der Waals surface area contributed by atoms with E-state index < -0.39 is 0 Å². The standard InChI is InChI=1S/C14H16BrN3S/c1-9(2)12-13(16-3)17-8-18-14(12)19-11-6-4-5-10(15)7-11/h4-9H,1-3H3,(H,16,17,18). The number of anilines is 1. The first kappa shape index (κ1) is 14.3. The summed E-state index contributed by atoms with van der Waals surface area (Å²) in [4.78, 5) is 9.89. The van der Waals surface area contributed by atoms with Crippen LogP contribution in [0.5, 0.6) is 0 Å². The Balaban J connectivity index is 2.39. The lowest BCUT2D eigenvalue weighted by atomic mass is 10.1. The van der Waals surface area contributed by atoms with Crippen molar-refractivity contribution in [3.8, 4) is 0 Å². The summed E-state index contributed by atoms with van der Waals surface area (Å²) in [7, 11) is 1.89. The van der Waals surface area contributed by atoms with E-state index in [0.717, 1.165) is 25.8 Å². The summed E-state index contributed by atoms with van der Waals surface area (Å²) < 4.78 is 1.08. The first-order chi connectivity index (χ1) is 9.11. The maximum Gasteiger partial charge on any atom is 0.133 e. The van der Waals surface area contributed by atoms with Crippen LogP contribution in [-0.4, -0.2) is 17.0 Å². The average molecular weight is 338 g/mol. The lowest BCUT2D eigenvalue weighted by Crippen LogP contribution is -2.03. The van der Waals surface area contributed by atoms with Crippen LogP contribution < -0.4 is 5.32 Å². The topological polar surface area (TPSA) is 37.8 Å². The van der Waals surface area contributed by atoms with Crippen LogP contribution in [-0.2, 0) is 0 Å². The maximum atomic E-state index is 4.43.